The molecule has 2 heterocycles. The van der Waals surface area contributed by atoms with E-state index in [4.69, 9.17) is 0 Å². The number of piperidine rings is 1. The average molecular weight is 391 g/mol. The monoisotopic (exact) mass is 390 g/mol. The largest absolute Gasteiger partial charge is 0.347 e. The summed E-state index contributed by atoms with van der Waals surface area (Å²) in [5.74, 6) is 0.396. The number of carbonyl (C=O) groups excluding carboxylic acids is 1. The molecule has 0 aromatic carbocycles. The Morgan fingerprint density at radius 3 is 2.96 bits per heavy atom. The van der Waals surface area contributed by atoms with Crippen LogP contribution < -0.4 is 27.0 Å². The highest BCUT2D eigenvalue weighted by Gasteiger charge is 2.23. The first-order chi connectivity index (χ1) is 13.7. The van der Waals surface area contributed by atoms with E-state index in [1.54, 1.807) is 16.8 Å². The number of nitrogens with zero attached hydrogens (tertiary/aromatic N) is 2. The summed E-state index contributed by atoms with van der Waals surface area (Å²) in [4.78, 5) is 27.8. The van der Waals surface area contributed by atoms with Crippen LogP contribution in [0.1, 0.15) is 51.4 Å². The van der Waals surface area contributed by atoms with Crippen molar-refractivity contribution in [3.63, 3.8) is 0 Å². The van der Waals surface area contributed by atoms with Gasteiger partial charge in [0.05, 0.1) is 6.17 Å². The Labute approximate surface area is 166 Å². The molecule has 156 valence electrons. The van der Waals surface area contributed by atoms with Crippen molar-refractivity contribution in [1.29, 1.82) is 0 Å². The summed E-state index contributed by atoms with van der Waals surface area (Å²) in [5.41, 5.74) is -0.202. The van der Waals surface area contributed by atoms with Crippen LogP contribution in [-0.4, -0.2) is 47.4 Å². The summed E-state index contributed by atoms with van der Waals surface area (Å²) in [6.45, 7) is 3.35. The van der Waals surface area contributed by atoms with Crippen LogP contribution in [0, 0.1) is 5.92 Å². The molecule has 3 rings (SSSR count). The van der Waals surface area contributed by atoms with Crippen molar-refractivity contribution in [3.8, 4) is 0 Å². The maximum atomic E-state index is 12.2. The maximum Gasteiger partial charge on any atom is 0.347 e. The summed E-state index contributed by atoms with van der Waals surface area (Å²) in [6, 6.07) is 1.88. The van der Waals surface area contributed by atoms with Crippen molar-refractivity contribution >= 4 is 6.03 Å². The van der Waals surface area contributed by atoms with Gasteiger partial charge in [-0.15, -0.1) is 0 Å². The van der Waals surface area contributed by atoms with Crippen LogP contribution in [0.4, 0.5) is 4.79 Å². The second-order valence-corrected chi connectivity index (χ2v) is 7.99. The number of amides is 2. The molecule has 2 amide bonds. The van der Waals surface area contributed by atoms with Crippen LogP contribution in [0.5, 0.6) is 0 Å². The van der Waals surface area contributed by atoms with Crippen molar-refractivity contribution in [3.05, 3.63) is 28.9 Å². The quantitative estimate of drug-likeness (QED) is 0.500. The molecule has 1 aromatic rings. The Balaban J connectivity index is 1.30. The third-order valence-corrected chi connectivity index (χ3v) is 5.70. The zero-order valence-corrected chi connectivity index (χ0v) is 16.7. The minimum absolute atomic E-state index is 0.0833. The number of aromatic nitrogens is 2. The average Bonchev–Trinajstić information content (AvgIpc) is 2.70. The molecule has 3 atom stereocenters. The molecular formula is C20H34N6O2. The SMILES string of the molecule is O=C(NCCCNC1CCCCN1)NC1CCCC(Cn2cccnc2=O)C1. The molecule has 8 nitrogen and oxygen atoms in total. The number of hydrogen-bond donors (Lipinski definition) is 4. The summed E-state index contributed by atoms with van der Waals surface area (Å²) < 4.78 is 1.67. The smallest absolute Gasteiger partial charge is 0.338 e. The van der Waals surface area contributed by atoms with E-state index in [9.17, 15) is 9.59 Å². The zero-order chi connectivity index (χ0) is 19.6. The van der Waals surface area contributed by atoms with E-state index in [1.807, 2.05) is 0 Å². The van der Waals surface area contributed by atoms with Crippen LogP contribution >= 0.6 is 0 Å². The van der Waals surface area contributed by atoms with Crippen LogP contribution in [-0.2, 0) is 6.54 Å². The third kappa shape index (κ3) is 6.91. The number of nitrogens with one attached hydrogen (secondary N) is 4. The normalized spacial score (nSPS) is 25.2. The number of hydrogen-bond acceptors (Lipinski definition) is 5. The van der Waals surface area contributed by atoms with E-state index in [2.05, 4.69) is 26.3 Å². The van der Waals surface area contributed by atoms with Gasteiger partial charge < -0.3 is 21.3 Å². The lowest BCUT2D eigenvalue weighted by Gasteiger charge is -2.30. The van der Waals surface area contributed by atoms with E-state index in [0.717, 1.165) is 45.2 Å². The molecule has 0 spiro atoms. The molecule has 28 heavy (non-hydrogen) atoms. The fraction of sp³-hybridized carbons (Fsp3) is 0.750. The predicted molar refractivity (Wildman–Crippen MR) is 109 cm³/mol. The van der Waals surface area contributed by atoms with Crippen molar-refractivity contribution in [2.45, 2.75) is 70.1 Å². The van der Waals surface area contributed by atoms with Gasteiger partial charge in [-0.25, -0.2) is 14.6 Å². The Hall–Kier alpha value is -1.93. The van der Waals surface area contributed by atoms with Gasteiger partial charge in [-0.05, 0) is 70.0 Å². The van der Waals surface area contributed by atoms with Crippen molar-refractivity contribution in [2.75, 3.05) is 19.6 Å². The highest BCUT2D eigenvalue weighted by molar-refractivity contribution is 5.74. The van der Waals surface area contributed by atoms with Crippen LogP contribution in [0.15, 0.2) is 23.3 Å². The van der Waals surface area contributed by atoms with Crippen molar-refractivity contribution in [1.82, 2.24) is 30.8 Å². The summed E-state index contributed by atoms with van der Waals surface area (Å²) in [6.07, 6.45) is 12.4. The van der Waals surface area contributed by atoms with E-state index >= 15 is 0 Å². The third-order valence-electron chi connectivity index (χ3n) is 5.70. The topological polar surface area (TPSA) is 100 Å². The molecule has 2 aliphatic rings. The molecule has 0 radical (unpaired) electrons. The van der Waals surface area contributed by atoms with Crippen molar-refractivity contribution in [2.24, 2.45) is 5.92 Å². The molecule has 0 bridgehead atoms. The minimum atomic E-state index is -0.202. The molecule has 1 saturated heterocycles. The first-order valence-corrected chi connectivity index (χ1v) is 10.7. The van der Waals surface area contributed by atoms with E-state index in [1.165, 1.54) is 25.5 Å². The maximum absolute atomic E-state index is 12.2. The van der Waals surface area contributed by atoms with Gasteiger partial charge in [0.1, 0.15) is 0 Å². The lowest BCUT2D eigenvalue weighted by atomic mass is 9.85. The molecular weight excluding hydrogens is 356 g/mol. The highest BCUT2D eigenvalue weighted by atomic mass is 16.2. The number of rotatable bonds is 8. The lowest BCUT2D eigenvalue weighted by Crippen LogP contribution is -2.47. The molecule has 1 aromatic heterocycles. The van der Waals surface area contributed by atoms with Gasteiger partial charge in [0.15, 0.2) is 0 Å². The van der Waals surface area contributed by atoms with Gasteiger partial charge >= 0.3 is 11.7 Å². The molecule has 3 unspecified atom stereocenters. The fourth-order valence-electron chi connectivity index (χ4n) is 4.22. The minimum Gasteiger partial charge on any atom is -0.338 e. The van der Waals surface area contributed by atoms with Gasteiger partial charge in [0.25, 0.3) is 0 Å². The Morgan fingerprint density at radius 1 is 1.21 bits per heavy atom. The Bertz CT molecular complexity index is 658. The van der Waals surface area contributed by atoms with Crippen LogP contribution in [0.3, 0.4) is 0 Å². The standard InChI is InChI=1S/C20H34N6O2/c27-19(23-11-4-10-22-18-8-1-2-9-21-18)25-17-7-3-6-16(14-17)15-26-13-5-12-24-20(26)28/h5,12-13,16-18,21-22H,1-4,6-11,14-15H2,(H2,23,25,27). The summed E-state index contributed by atoms with van der Waals surface area (Å²) in [5, 5.41) is 13.0. The highest BCUT2D eigenvalue weighted by Crippen LogP contribution is 2.25. The van der Waals surface area contributed by atoms with Gasteiger partial charge in [-0.1, -0.05) is 6.42 Å². The Morgan fingerprint density at radius 2 is 2.14 bits per heavy atom. The van der Waals surface area contributed by atoms with Gasteiger partial charge in [0, 0.05) is 31.5 Å². The van der Waals surface area contributed by atoms with Gasteiger partial charge in [0.2, 0.25) is 0 Å². The second-order valence-electron chi connectivity index (χ2n) is 7.99. The van der Waals surface area contributed by atoms with Crippen LogP contribution in [0.2, 0.25) is 0 Å². The Kier molecular flexibility index (Phi) is 8.29. The van der Waals surface area contributed by atoms with Crippen LogP contribution in [0.25, 0.3) is 0 Å². The molecule has 2 fully saturated rings. The molecule has 4 N–H and O–H groups in total. The van der Waals surface area contributed by atoms with Gasteiger partial charge in [-0.2, -0.15) is 0 Å². The predicted octanol–water partition coefficient (Wildman–Crippen LogP) is 1.18. The summed E-state index contributed by atoms with van der Waals surface area (Å²) >= 11 is 0. The lowest BCUT2D eigenvalue weighted by molar-refractivity contribution is 0.220. The molecule has 1 saturated carbocycles. The summed E-state index contributed by atoms with van der Waals surface area (Å²) in [7, 11) is 0. The van der Waals surface area contributed by atoms with Gasteiger partial charge in [-0.3, -0.25) is 4.57 Å². The molecule has 8 heteroatoms. The zero-order valence-electron chi connectivity index (χ0n) is 16.7. The number of urea groups is 1. The van der Waals surface area contributed by atoms with Crippen molar-refractivity contribution < 1.29 is 4.79 Å². The first kappa shape index (κ1) is 20.8. The van der Waals surface area contributed by atoms with E-state index in [-0.39, 0.29) is 17.8 Å². The second kappa shape index (κ2) is 11.2. The molecule has 1 aliphatic heterocycles. The number of carbonyl (C=O) groups is 1. The molecule has 1 aliphatic carbocycles. The first-order valence-electron chi connectivity index (χ1n) is 10.7. The van der Waals surface area contributed by atoms with E-state index < -0.39 is 0 Å². The fourth-order valence-corrected chi connectivity index (χ4v) is 4.22. The van der Waals surface area contributed by atoms with E-state index in [0.29, 0.717) is 25.2 Å².